The standard InChI is InChI=1S/C24H29N3O4S/c1-16-11-18(19-9-10-31-14-19)5-8-23(16)32(28,29)27-21-12-20(6-7-22(21)30-4)24(3)15-25-13-17(2)26-24/h5-12,14,17,25-27H,13,15H2,1-4H3. The molecular weight excluding hydrogens is 426 g/mol. The molecule has 4 rings (SSSR count). The van der Waals surface area contributed by atoms with Gasteiger partial charge in [-0.05, 0) is 67.8 Å². The molecule has 1 aromatic heterocycles. The fourth-order valence-electron chi connectivity index (χ4n) is 4.26. The minimum absolute atomic E-state index is 0.217. The van der Waals surface area contributed by atoms with Gasteiger partial charge in [-0.3, -0.25) is 4.72 Å². The molecule has 2 heterocycles. The van der Waals surface area contributed by atoms with Crippen molar-refractivity contribution in [3.63, 3.8) is 0 Å². The van der Waals surface area contributed by atoms with Crippen molar-refractivity contribution in [2.75, 3.05) is 24.9 Å². The second-order valence-electron chi connectivity index (χ2n) is 8.52. The van der Waals surface area contributed by atoms with Crippen LogP contribution in [0.4, 0.5) is 5.69 Å². The summed E-state index contributed by atoms with van der Waals surface area (Å²) in [6.45, 7) is 7.64. The Hall–Kier alpha value is -2.81. The number of rotatable bonds is 6. The predicted octanol–water partition coefficient (Wildman–Crippen LogP) is 3.86. The van der Waals surface area contributed by atoms with Crippen LogP contribution in [-0.4, -0.2) is 34.7 Å². The molecule has 1 aliphatic heterocycles. The van der Waals surface area contributed by atoms with E-state index in [1.54, 1.807) is 37.6 Å². The first-order valence-electron chi connectivity index (χ1n) is 10.5. The van der Waals surface area contributed by atoms with Crippen LogP contribution >= 0.6 is 0 Å². The average molecular weight is 456 g/mol. The minimum Gasteiger partial charge on any atom is -0.495 e. The number of aryl methyl sites for hydroxylation is 1. The molecule has 32 heavy (non-hydrogen) atoms. The lowest BCUT2D eigenvalue weighted by molar-refractivity contribution is 0.255. The maximum atomic E-state index is 13.3. The fraction of sp³-hybridized carbons (Fsp3) is 0.333. The van der Waals surface area contributed by atoms with E-state index in [9.17, 15) is 8.42 Å². The van der Waals surface area contributed by atoms with Crippen LogP contribution in [0.2, 0.25) is 0 Å². The van der Waals surface area contributed by atoms with E-state index in [0.29, 0.717) is 23.0 Å². The van der Waals surface area contributed by atoms with E-state index in [0.717, 1.165) is 29.8 Å². The Morgan fingerprint density at radius 2 is 1.97 bits per heavy atom. The minimum atomic E-state index is -3.83. The van der Waals surface area contributed by atoms with Gasteiger partial charge in [0.1, 0.15) is 5.75 Å². The number of nitrogens with one attached hydrogen (secondary N) is 3. The van der Waals surface area contributed by atoms with Crippen LogP contribution in [0.25, 0.3) is 11.1 Å². The van der Waals surface area contributed by atoms with Crippen molar-refractivity contribution in [3.05, 3.63) is 66.1 Å². The number of benzene rings is 2. The van der Waals surface area contributed by atoms with Crippen LogP contribution in [0.3, 0.4) is 0 Å². The van der Waals surface area contributed by atoms with E-state index in [1.165, 1.54) is 7.11 Å². The van der Waals surface area contributed by atoms with E-state index >= 15 is 0 Å². The predicted molar refractivity (Wildman–Crippen MR) is 126 cm³/mol. The molecule has 0 aliphatic carbocycles. The van der Waals surface area contributed by atoms with Gasteiger partial charge >= 0.3 is 0 Å². The summed E-state index contributed by atoms with van der Waals surface area (Å²) < 4.78 is 39.9. The van der Waals surface area contributed by atoms with E-state index in [-0.39, 0.29) is 10.4 Å². The normalized spacial score (nSPS) is 21.3. The van der Waals surface area contributed by atoms with Crippen molar-refractivity contribution >= 4 is 15.7 Å². The number of anilines is 1. The van der Waals surface area contributed by atoms with Gasteiger partial charge in [0.15, 0.2) is 0 Å². The van der Waals surface area contributed by atoms with Crippen molar-refractivity contribution in [2.24, 2.45) is 0 Å². The highest BCUT2D eigenvalue weighted by Gasteiger charge is 2.32. The first-order valence-corrected chi connectivity index (χ1v) is 12.0. The SMILES string of the molecule is COc1ccc(C2(C)CNCC(C)N2)cc1NS(=O)(=O)c1ccc(-c2ccoc2)cc1C. The third-order valence-electron chi connectivity index (χ3n) is 5.89. The number of methoxy groups -OCH3 is 1. The molecule has 1 fully saturated rings. The summed E-state index contributed by atoms with van der Waals surface area (Å²) in [7, 11) is -2.30. The highest BCUT2D eigenvalue weighted by Crippen LogP contribution is 2.34. The van der Waals surface area contributed by atoms with Gasteiger partial charge in [-0.2, -0.15) is 0 Å². The molecule has 2 unspecified atom stereocenters. The highest BCUT2D eigenvalue weighted by atomic mass is 32.2. The molecule has 0 spiro atoms. The lowest BCUT2D eigenvalue weighted by atomic mass is 9.88. The van der Waals surface area contributed by atoms with Crippen LogP contribution in [0.5, 0.6) is 5.75 Å². The zero-order valence-electron chi connectivity index (χ0n) is 18.7. The number of ether oxygens (including phenoxy) is 1. The number of hydrogen-bond donors (Lipinski definition) is 3. The first-order chi connectivity index (χ1) is 15.2. The zero-order valence-corrected chi connectivity index (χ0v) is 19.5. The van der Waals surface area contributed by atoms with E-state index < -0.39 is 10.0 Å². The van der Waals surface area contributed by atoms with Crippen LogP contribution in [-0.2, 0) is 15.6 Å². The Kier molecular flexibility index (Phi) is 6.03. The Labute approximate surface area is 189 Å². The summed E-state index contributed by atoms with van der Waals surface area (Å²) in [6.07, 6.45) is 3.22. The summed E-state index contributed by atoms with van der Waals surface area (Å²) in [4.78, 5) is 0.217. The topological polar surface area (TPSA) is 92.6 Å². The van der Waals surface area contributed by atoms with Crippen LogP contribution in [0, 0.1) is 6.92 Å². The zero-order chi connectivity index (χ0) is 22.9. The third kappa shape index (κ3) is 4.39. The van der Waals surface area contributed by atoms with Crippen LogP contribution < -0.4 is 20.1 Å². The van der Waals surface area contributed by atoms with Crippen molar-refractivity contribution in [1.82, 2.24) is 10.6 Å². The molecule has 0 amide bonds. The lowest BCUT2D eigenvalue weighted by Gasteiger charge is -2.40. The van der Waals surface area contributed by atoms with Crippen molar-refractivity contribution in [1.29, 1.82) is 0 Å². The average Bonchev–Trinajstić information content (AvgIpc) is 3.28. The van der Waals surface area contributed by atoms with Gasteiger partial charge in [-0.25, -0.2) is 8.42 Å². The molecular formula is C24H29N3O4S. The van der Waals surface area contributed by atoms with Crippen molar-refractivity contribution < 1.29 is 17.6 Å². The number of furan rings is 1. The van der Waals surface area contributed by atoms with Crippen LogP contribution in [0.15, 0.2) is 64.3 Å². The second kappa shape index (κ2) is 8.61. The highest BCUT2D eigenvalue weighted by molar-refractivity contribution is 7.92. The lowest BCUT2D eigenvalue weighted by Crippen LogP contribution is -2.59. The Morgan fingerprint density at radius 1 is 1.16 bits per heavy atom. The molecule has 1 saturated heterocycles. The number of piperazine rings is 1. The second-order valence-corrected chi connectivity index (χ2v) is 10.2. The summed E-state index contributed by atoms with van der Waals surface area (Å²) in [5, 5.41) is 7.04. The Morgan fingerprint density at radius 3 is 2.62 bits per heavy atom. The molecule has 170 valence electrons. The third-order valence-corrected chi connectivity index (χ3v) is 7.42. The molecule has 1 aliphatic rings. The monoisotopic (exact) mass is 455 g/mol. The molecule has 0 radical (unpaired) electrons. The summed E-state index contributed by atoms with van der Waals surface area (Å²) in [6, 6.07) is 13.0. The van der Waals surface area contributed by atoms with Crippen molar-refractivity contribution in [2.45, 2.75) is 37.2 Å². The number of hydrogen-bond acceptors (Lipinski definition) is 6. The van der Waals surface area contributed by atoms with E-state index in [4.69, 9.17) is 9.15 Å². The Bertz CT molecular complexity index is 1210. The van der Waals surface area contributed by atoms with Gasteiger partial charge in [0.25, 0.3) is 10.0 Å². The smallest absolute Gasteiger partial charge is 0.262 e. The van der Waals surface area contributed by atoms with Gasteiger partial charge in [-0.15, -0.1) is 0 Å². The molecule has 2 atom stereocenters. The van der Waals surface area contributed by atoms with Gasteiger partial charge in [0, 0.05) is 24.7 Å². The van der Waals surface area contributed by atoms with E-state index in [1.807, 2.05) is 24.3 Å². The molecule has 3 aromatic rings. The largest absolute Gasteiger partial charge is 0.495 e. The van der Waals surface area contributed by atoms with Gasteiger partial charge in [0.05, 0.1) is 35.8 Å². The van der Waals surface area contributed by atoms with Crippen molar-refractivity contribution in [3.8, 4) is 16.9 Å². The first kappa shape index (κ1) is 22.4. The summed E-state index contributed by atoms with van der Waals surface area (Å²) in [5.74, 6) is 0.463. The van der Waals surface area contributed by atoms with Gasteiger partial charge in [-0.1, -0.05) is 12.1 Å². The van der Waals surface area contributed by atoms with Gasteiger partial charge in [0.2, 0.25) is 0 Å². The maximum Gasteiger partial charge on any atom is 0.262 e. The number of sulfonamides is 1. The molecule has 2 aromatic carbocycles. The fourth-order valence-corrected chi connectivity index (χ4v) is 5.55. The molecule has 3 N–H and O–H groups in total. The quantitative estimate of drug-likeness (QED) is 0.523. The maximum absolute atomic E-state index is 13.3. The Balaban J connectivity index is 1.67. The van der Waals surface area contributed by atoms with Crippen LogP contribution in [0.1, 0.15) is 25.0 Å². The summed E-state index contributed by atoms with van der Waals surface area (Å²) in [5.41, 5.74) is 3.49. The van der Waals surface area contributed by atoms with E-state index in [2.05, 4.69) is 29.2 Å². The summed E-state index contributed by atoms with van der Waals surface area (Å²) >= 11 is 0. The molecule has 0 bridgehead atoms. The molecule has 0 saturated carbocycles. The van der Waals surface area contributed by atoms with Gasteiger partial charge < -0.3 is 19.8 Å². The molecule has 7 nitrogen and oxygen atoms in total. The molecule has 8 heteroatoms.